The number of thiophene rings is 1. The van der Waals surface area contributed by atoms with Crippen LogP contribution in [0, 0.1) is 0 Å². The predicted octanol–water partition coefficient (Wildman–Crippen LogP) is 4.94. The number of fused-ring (bicyclic) bond motifs is 1. The van der Waals surface area contributed by atoms with Crippen LogP contribution in [0.4, 0.5) is 0 Å². The second kappa shape index (κ2) is 7.79. The molecular formula is C20H13ClN2O3S2. The zero-order chi connectivity index (χ0) is 19.7. The third-order valence-electron chi connectivity index (χ3n) is 4.07. The number of aromatic nitrogens is 2. The number of nitrogens with zero attached hydrogens (tertiary/aromatic N) is 2. The quantitative estimate of drug-likeness (QED) is 0.360. The van der Waals surface area contributed by atoms with E-state index in [1.165, 1.54) is 15.9 Å². The molecule has 0 saturated heterocycles. The molecule has 0 spiro atoms. The molecule has 0 saturated carbocycles. The number of halogens is 1. The maximum absolute atomic E-state index is 13.5. The summed E-state index contributed by atoms with van der Waals surface area (Å²) in [6.45, 7) is 0. The first-order valence-electron chi connectivity index (χ1n) is 8.25. The monoisotopic (exact) mass is 428 g/mol. The van der Waals surface area contributed by atoms with Crippen LogP contribution >= 0.6 is 34.7 Å². The molecule has 0 aliphatic rings. The minimum atomic E-state index is -0.974. The summed E-state index contributed by atoms with van der Waals surface area (Å²) in [4.78, 5) is 29.7. The molecule has 2 aromatic heterocycles. The van der Waals surface area contributed by atoms with Crippen molar-refractivity contribution >= 4 is 50.9 Å². The number of aliphatic carboxylic acids is 1. The van der Waals surface area contributed by atoms with Gasteiger partial charge in [0, 0.05) is 16.0 Å². The van der Waals surface area contributed by atoms with Crippen molar-refractivity contribution in [1.82, 2.24) is 9.55 Å². The van der Waals surface area contributed by atoms with Crippen LogP contribution in [0.2, 0.25) is 5.02 Å². The normalized spacial score (nSPS) is 11.0. The standard InChI is InChI=1S/C20H13ClN2O3S2/c21-13-6-8-14(9-7-13)23-19(26)17-15(12-4-2-1-3-5-12)10-27-18(17)22-20(23)28-11-16(24)25/h1-10H,11H2,(H,24,25). The number of hydrogen-bond acceptors (Lipinski definition) is 5. The molecule has 0 aliphatic heterocycles. The first kappa shape index (κ1) is 18.7. The van der Waals surface area contributed by atoms with Crippen molar-refractivity contribution in [3.63, 3.8) is 0 Å². The Bertz CT molecular complexity index is 1220. The highest BCUT2D eigenvalue weighted by atomic mass is 35.5. The molecule has 1 N–H and O–H groups in total. The van der Waals surface area contributed by atoms with Crippen molar-refractivity contribution in [1.29, 1.82) is 0 Å². The van der Waals surface area contributed by atoms with Gasteiger partial charge in [-0.05, 0) is 29.8 Å². The maximum Gasteiger partial charge on any atom is 0.313 e. The van der Waals surface area contributed by atoms with Gasteiger partial charge in [0.15, 0.2) is 5.16 Å². The number of carboxylic acids is 1. The molecule has 0 bridgehead atoms. The molecule has 4 aromatic rings. The van der Waals surface area contributed by atoms with E-state index < -0.39 is 5.97 Å². The van der Waals surface area contributed by atoms with E-state index in [1.54, 1.807) is 24.3 Å². The van der Waals surface area contributed by atoms with Crippen molar-refractivity contribution in [3.05, 3.63) is 75.4 Å². The van der Waals surface area contributed by atoms with E-state index in [0.717, 1.165) is 22.9 Å². The molecule has 8 heteroatoms. The van der Waals surface area contributed by atoms with E-state index in [0.29, 0.717) is 26.1 Å². The summed E-state index contributed by atoms with van der Waals surface area (Å²) in [7, 11) is 0. The molecule has 0 aliphatic carbocycles. The summed E-state index contributed by atoms with van der Waals surface area (Å²) >= 11 is 8.37. The number of hydrogen-bond donors (Lipinski definition) is 1. The minimum absolute atomic E-state index is 0.192. The van der Waals surface area contributed by atoms with Gasteiger partial charge in [-0.2, -0.15) is 0 Å². The van der Waals surface area contributed by atoms with Crippen LogP contribution in [0.25, 0.3) is 27.0 Å². The van der Waals surface area contributed by atoms with Crippen LogP contribution in [-0.2, 0) is 4.79 Å². The van der Waals surface area contributed by atoms with Crippen LogP contribution in [0.5, 0.6) is 0 Å². The smallest absolute Gasteiger partial charge is 0.313 e. The third-order valence-corrected chi connectivity index (χ3v) is 6.12. The van der Waals surface area contributed by atoms with Crippen LogP contribution in [0.3, 0.4) is 0 Å². The summed E-state index contributed by atoms with van der Waals surface area (Å²) in [6, 6.07) is 16.5. The molecule has 0 atom stereocenters. The largest absolute Gasteiger partial charge is 0.481 e. The summed E-state index contributed by atoms with van der Waals surface area (Å²) in [5.74, 6) is -1.17. The SMILES string of the molecule is O=C(O)CSc1nc2scc(-c3ccccc3)c2c(=O)n1-c1ccc(Cl)cc1. The van der Waals surface area contributed by atoms with Crippen molar-refractivity contribution < 1.29 is 9.90 Å². The Hall–Kier alpha value is -2.61. The number of thioether (sulfide) groups is 1. The van der Waals surface area contributed by atoms with E-state index in [1.807, 2.05) is 35.7 Å². The van der Waals surface area contributed by atoms with Gasteiger partial charge in [-0.15, -0.1) is 11.3 Å². The molecule has 0 amide bonds. The Morgan fingerprint density at radius 2 is 1.86 bits per heavy atom. The van der Waals surface area contributed by atoms with Gasteiger partial charge in [-0.1, -0.05) is 53.7 Å². The molecule has 2 aromatic carbocycles. The fourth-order valence-electron chi connectivity index (χ4n) is 2.84. The average molecular weight is 429 g/mol. The number of benzene rings is 2. The van der Waals surface area contributed by atoms with Crippen LogP contribution < -0.4 is 5.56 Å². The fraction of sp³-hybridized carbons (Fsp3) is 0.0500. The van der Waals surface area contributed by atoms with E-state index in [2.05, 4.69) is 4.98 Å². The molecule has 140 valence electrons. The van der Waals surface area contributed by atoms with Crippen molar-refractivity contribution in [2.45, 2.75) is 5.16 Å². The Morgan fingerprint density at radius 3 is 2.54 bits per heavy atom. The van der Waals surface area contributed by atoms with E-state index in [9.17, 15) is 9.59 Å². The van der Waals surface area contributed by atoms with Crippen LogP contribution in [0.15, 0.2) is 69.9 Å². The van der Waals surface area contributed by atoms with Gasteiger partial charge in [0.25, 0.3) is 5.56 Å². The van der Waals surface area contributed by atoms with Gasteiger partial charge < -0.3 is 5.11 Å². The number of carbonyl (C=O) groups is 1. The average Bonchev–Trinajstić information content (AvgIpc) is 3.12. The highest BCUT2D eigenvalue weighted by molar-refractivity contribution is 7.99. The van der Waals surface area contributed by atoms with E-state index in [4.69, 9.17) is 16.7 Å². The zero-order valence-electron chi connectivity index (χ0n) is 14.3. The predicted molar refractivity (Wildman–Crippen MR) is 114 cm³/mol. The Balaban J connectivity index is 1.98. The van der Waals surface area contributed by atoms with Gasteiger partial charge in [0.2, 0.25) is 0 Å². The van der Waals surface area contributed by atoms with E-state index in [-0.39, 0.29) is 11.3 Å². The van der Waals surface area contributed by atoms with E-state index >= 15 is 0 Å². The molecule has 5 nitrogen and oxygen atoms in total. The van der Waals surface area contributed by atoms with Crippen molar-refractivity contribution in [3.8, 4) is 16.8 Å². The van der Waals surface area contributed by atoms with Gasteiger partial charge >= 0.3 is 5.97 Å². The lowest BCUT2D eigenvalue weighted by atomic mass is 10.1. The Morgan fingerprint density at radius 1 is 1.14 bits per heavy atom. The molecule has 0 unspecified atom stereocenters. The third kappa shape index (κ3) is 3.56. The second-order valence-electron chi connectivity index (χ2n) is 5.89. The van der Waals surface area contributed by atoms with Crippen molar-refractivity contribution in [2.24, 2.45) is 0 Å². The molecule has 4 rings (SSSR count). The minimum Gasteiger partial charge on any atom is -0.481 e. The fourth-order valence-corrected chi connectivity index (χ4v) is 4.69. The second-order valence-corrected chi connectivity index (χ2v) is 8.13. The zero-order valence-corrected chi connectivity index (χ0v) is 16.7. The summed E-state index contributed by atoms with van der Waals surface area (Å²) in [6.07, 6.45) is 0. The van der Waals surface area contributed by atoms with Gasteiger partial charge in [-0.3, -0.25) is 14.2 Å². The molecular weight excluding hydrogens is 416 g/mol. The van der Waals surface area contributed by atoms with Gasteiger partial charge in [0.1, 0.15) is 4.83 Å². The Labute approximate surface area is 173 Å². The lowest BCUT2D eigenvalue weighted by Gasteiger charge is -2.12. The lowest BCUT2D eigenvalue weighted by molar-refractivity contribution is -0.133. The van der Waals surface area contributed by atoms with Crippen molar-refractivity contribution in [2.75, 3.05) is 5.75 Å². The molecule has 0 fully saturated rings. The first-order chi connectivity index (χ1) is 13.5. The summed E-state index contributed by atoms with van der Waals surface area (Å²) in [5, 5.41) is 12.4. The maximum atomic E-state index is 13.5. The van der Waals surface area contributed by atoms with Gasteiger partial charge in [-0.25, -0.2) is 4.98 Å². The van der Waals surface area contributed by atoms with Crippen LogP contribution in [-0.4, -0.2) is 26.4 Å². The number of carboxylic acid groups (broad SMARTS) is 1. The first-order valence-corrected chi connectivity index (χ1v) is 10.5. The molecule has 0 radical (unpaired) electrons. The number of rotatable bonds is 5. The summed E-state index contributed by atoms with van der Waals surface area (Å²) in [5.41, 5.74) is 2.10. The Kier molecular flexibility index (Phi) is 5.21. The summed E-state index contributed by atoms with van der Waals surface area (Å²) < 4.78 is 1.45. The molecule has 28 heavy (non-hydrogen) atoms. The molecule has 2 heterocycles. The lowest BCUT2D eigenvalue weighted by Crippen LogP contribution is -2.22. The highest BCUT2D eigenvalue weighted by Gasteiger charge is 2.19. The highest BCUT2D eigenvalue weighted by Crippen LogP contribution is 2.33. The topological polar surface area (TPSA) is 72.2 Å². The van der Waals surface area contributed by atoms with Gasteiger partial charge in [0.05, 0.1) is 16.8 Å². The van der Waals surface area contributed by atoms with Crippen LogP contribution in [0.1, 0.15) is 0 Å².